The van der Waals surface area contributed by atoms with Gasteiger partial charge in [-0.2, -0.15) is 13.2 Å². The summed E-state index contributed by atoms with van der Waals surface area (Å²) in [6, 6.07) is 4.96. The molecule has 0 bridgehead atoms. The molecule has 1 aromatic rings. The largest absolute Gasteiger partial charge is 0.471 e. The Hall–Kier alpha value is -1.96. The second-order valence-electron chi connectivity index (χ2n) is 6.95. The molecule has 1 aromatic carbocycles. The SMILES string of the molecule is Nc1ccc(N2CCN(C(=O)C(F)(F)F)[C@H]3COC[C@H]32)cc1C1CC1. The molecule has 2 N–H and O–H groups in total. The molecule has 2 heterocycles. The summed E-state index contributed by atoms with van der Waals surface area (Å²) in [6.07, 6.45) is -2.61. The van der Waals surface area contributed by atoms with Gasteiger partial charge < -0.3 is 20.3 Å². The lowest BCUT2D eigenvalue weighted by atomic mass is 10.0. The Morgan fingerprint density at radius 3 is 2.56 bits per heavy atom. The predicted octanol–water partition coefficient (Wildman–Crippen LogP) is 2.12. The van der Waals surface area contributed by atoms with Gasteiger partial charge in [0.1, 0.15) is 0 Å². The maximum absolute atomic E-state index is 12.8. The number of nitrogen functional groups attached to an aromatic ring is 1. The van der Waals surface area contributed by atoms with Crippen LogP contribution >= 0.6 is 0 Å². The van der Waals surface area contributed by atoms with Crippen LogP contribution in [0, 0.1) is 0 Å². The fourth-order valence-electron chi connectivity index (χ4n) is 3.90. The van der Waals surface area contributed by atoms with E-state index in [1.165, 1.54) is 0 Å². The van der Waals surface area contributed by atoms with Gasteiger partial charge in [0.25, 0.3) is 0 Å². The Morgan fingerprint density at radius 2 is 1.88 bits per heavy atom. The third-order valence-electron chi connectivity index (χ3n) is 5.33. The first kappa shape index (κ1) is 16.5. The van der Waals surface area contributed by atoms with Crippen molar-refractivity contribution in [1.82, 2.24) is 4.90 Å². The van der Waals surface area contributed by atoms with Crippen molar-refractivity contribution in [3.05, 3.63) is 23.8 Å². The van der Waals surface area contributed by atoms with Gasteiger partial charge in [0, 0.05) is 24.5 Å². The zero-order valence-electron chi connectivity index (χ0n) is 13.6. The molecule has 0 radical (unpaired) electrons. The van der Waals surface area contributed by atoms with Gasteiger partial charge >= 0.3 is 12.1 Å². The summed E-state index contributed by atoms with van der Waals surface area (Å²) < 4.78 is 44.0. The highest BCUT2D eigenvalue weighted by Crippen LogP contribution is 2.44. The lowest BCUT2D eigenvalue weighted by Crippen LogP contribution is -2.62. The molecule has 2 atom stereocenters. The Kier molecular flexibility index (Phi) is 3.82. The minimum absolute atomic E-state index is 0.0337. The first-order valence-corrected chi connectivity index (χ1v) is 8.48. The van der Waals surface area contributed by atoms with Crippen LogP contribution < -0.4 is 10.6 Å². The molecule has 1 saturated carbocycles. The normalized spacial score (nSPS) is 26.7. The van der Waals surface area contributed by atoms with Crippen LogP contribution in [0.4, 0.5) is 24.5 Å². The van der Waals surface area contributed by atoms with Gasteiger partial charge in [0.2, 0.25) is 0 Å². The summed E-state index contributed by atoms with van der Waals surface area (Å²) in [5.74, 6) is -1.28. The number of hydrogen-bond donors (Lipinski definition) is 1. The molecule has 0 spiro atoms. The average molecular weight is 355 g/mol. The molecular formula is C17H20F3N3O2. The number of halogens is 3. The molecule has 2 aliphatic heterocycles. The number of nitrogens with two attached hydrogens (primary N) is 1. The van der Waals surface area contributed by atoms with Gasteiger partial charge in [-0.25, -0.2) is 0 Å². The number of carbonyl (C=O) groups is 1. The highest BCUT2D eigenvalue weighted by molar-refractivity contribution is 5.82. The molecule has 0 aromatic heterocycles. The van der Waals surface area contributed by atoms with Crippen molar-refractivity contribution in [1.29, 1.82) is 0 Å². The molecule has 8 heteroatoms. The van der Waals surface area contributed by atoms with E-state index in [1.54, 1.807) is 0 Å². The number of ether oxygens (including phenoxy) is 1. The van der Waals surface area contributed by atoms with Crippen LogP contribution in [0.15, 0.2) is 18.2 Å². The molecule has 4 rings (SSSR count). The summed E-state index contributed by atoms with van der Waals surface area (Å²) in [4.78, 5) is 14.7. The van der Waals surface area contributed by atoms with Crippen molar-refractivity contribution in [3.63, 3.8) is 0 Å². The highest BCUT2D eigenvalue weighted by Gasteiger charge is 2.50. The van der Waals surface area contributed by atoms with Crippen LogP contribution in [0.3, 0.4) is 0 Å². The van der Waals surface area contributed by atoms with Crippen molar-refractivity contribution in [2.75, 3.05) is 36.9 Å². The number of alkyl halides is 3. The molecule has 5 nitrogen and oxygen atoms in total. The first-order valence-electron chi connectivity index (χ1n) is 8.48. The molecule has 0 unspecified atom stereocenters. The zero-order chi connectivity index (χ0) is 17.8. The summed E-state index contributed by atoms with van der Waals surface area (Å²) in [7, 11) is 0. The Morgan fingerprint density at radius 1 is 1.16 bits per heavy atom. The number of anilines is 2. The van der Waals surface area contributed by atoms with Gasteiger partial charge in [-0.1, -0.05) is 0 Å². The number of nitrogens with zero attached hydrogens (tertiary/aromatic N) is 2. The quantitative estimate of drug-likeness (QED) is 0.826. The fraction of sp³-hybridized carbons (Fsp3) is 0.588. The summed E-state index contributed by atoms with van der Waals surface area (Å²) in [5.41, 5.74) is 8.87. The van der Waals surface area contributed by atoms with Crippen LogP contribution in [0.2, 0.25) is 0 Å². The third kappa shape index (κ3) is 2.92. The number of hydrogen-bond acceptors (Lipinski definition) is 4. The molecule has 3 aliphatic rings. The Bertz CT molecular complexity index is 690. The highest BCUT2D eigenvalue weighted by atomic mass is 19.4. The van der Waals surface area contributed by atoms with Crippen LogP contribution in [0.1, 0.15) is 24.3 Å². The lowest BCUT2D eigenvalue weighted by Gasteiger charge is -2.44. The molecule has 25 heavy (non-hydrogen) atoms. The third-order valence-corrected chi connectivity index (χ3v) is 5.33. The summed E-state index contributed by atoms with van der Waals surface area (Å²) in [5, 5.41) is 0. The second-order valence-corrected chi connectivity index (χ2v) is 6.95. The van der Waals surface area contributed by atoms with Crippen molar-refractivity contribution in [2.24, 2.45) is 0 Å². The van der Waals surface area contributed by atoms with Gasteiger partial charge in [-0.15, -0.1) is 0 Å². The van der Waals surface area contributed by atoms with E-state index in [2.05, 4.69) is 4.90 Å². The van der Waals surface area contributed by atoms with Crippen molar-refractivity contribution < 1.29 is 22.7 Å². The number of rotatable bonds is 2. The maximum atomic E-state index is 12.8. The van der Waals surface area contributed by atoms with Gasteiger partial charge in [0.05, 0.1) is 25.3 Å². The van der Waals surface area contributed by atoms with Gasteiger partial charge in [-0.3, -0.25) is 4.79 Å². The van der Waals surface area contributed by atoms with E-state index >= 15 is 0 Å². The minimum atomic E-state index is -4.85. The topological polar surface area (TPSA) is 58.8 Å². The van der Waals surface area contributed by atoms with E-state index < -0.39 is 18.1 Å². The monoisotopic (exact) mass is 355 g/mol. The molecular weight excluding hydrogens is 335 g/mol. The van der Waals surface area contributed by atoms with E-state index in [9.17, 15) is 18.0 Å². The summed E-state index contributed by atoms with van der Waals surface area (Å²) in [6.45, 7) is 0.829. The average Bonchev–Trinajstić information content (AvgIpc) is 3.29. The maximum Gasteiger partial charge on any atom is 0.471 e. The van der Waals surface area contributed by atoms with Gasteiger partial charge in [-0.05, 0) is 42.5 Å². The predicted molar refractivity (Wildman–Crippen MR) is 86.3 cm³/mol. The van der Waals surface area contributed by atoms with E-state index in [1.807, 2.05) is 18.2 Å². The number of amides is 1. The number of piperazine rings is 1. The summed E-state index contributed by atoms with van der Waals surface area (Å²) >= 11 is 0. The zero-order valence-corrected chi connectivity index (χ0v) is 13.6. The van der Waals surface area contributed by atoms with Crippen molar-refractivity contribution in [2.45, 2.75) is 37.0 Å². The standard InChI is InChI=1S/C17H20F3N3O2/c18-17(19,20)16(24)23-6-5-22(14-8-25-9-15(14)23)11-3-4-13(21)12(7-11)10-1-2-10/h3-4,7,10,14-15H,1-2,5-6,8-9,21H2/t14-,15+/m1/s1. The van der Waals surface area contributed by atoms with Gasteiger partial charge in [0.15, 0.2) is 0 Å². The molecule has 1 aliphatic carbocycles. The van der Waals surface area contributed by atoms with E-state index in [0.29, 0.717) is 19.1 Å². The van der Waals surface area contributed by atoms with Crippen LogP contribution in [-0.4, -0.2) is 55.4 Å². The smallest absolute Gasteiger partial charge is 0.398 e. The fourth-order valence-corrected chi connectivity index (χ4v) is 3.90. The van der Waals surface area contributed by atoms with E-state index in [-0.39, 0.29) is 19.2 Å². The Labute approximate surface area is 143 Å². The molecule has 1 amide bonds. The van der Waals surface area contributed by atoms with Crippen LogP contribution in [0.25, 0.3) is 0 Å². The Balaban J connectivity index is 1.59. The first-order chi connectivity index (χ1) is 11.9. The van der Waals surface area contributed by atoms with E-state index in [0.717, 1.165) is 34.7 Å². The lowest BCUT2D eigenvalue weighted by molar-refractivity contribution is -0.188. The molecule has 3 fully saturated rings. The molecule has 2 saturated heterocycles. The number of benzene rings is 1. The molecule has 136 valence electrons. The van der Waals surface area contributed by atoms with Crippen molar-refractivity contribution in [3.8, 4) is 0 Å². The second kappa shape index (κ2) is 5.79. The number of carbonyl (C=O) groups excluding carboxylic acids is 1. The van der Waals surface area contributed by atoms with Crippen LogP contribution in [-0.2, 0) is 9.53 Å². The van der Waals surface area contributed by atoms with E-state index in [4.69, 9.17) is 10.5 Å². The number of fused-ring (bicyclic) bond motifs is 1. The van der Waals surface area contributed by atoms with Crippen molar-refractivity contribution >= 4 is 17.3 Å². The minimum Gasteiger partial charge on any atom is -0.398 e. The van der Waals surface area contributed by atoms with Crippen LogP contribution in [0.5, 0.6) is 0 Å².